The number of methoxy groups -OCH3 is 2. The number of phenols is 1. The van der Waals surface area contributed by atoms with E-state index < -0.39 is 0 Å². The predicted octanol–water partition coefficient (Wildman–Crippen LogP) is 5.13. The lowest BCUT2D eigenvalue weighted by atomic mass is 9.52. The summed E-state index contributed by atoms with van der Waals surface area (Å²) in [5.41, 5.74) is 4.51. The molecule has 168 valence electrons. The van der Waals surface area contributed by atoms with Gasteiger partial charge in [0.25, 0.3) is 0 Å². The summed E-state index contributed by atoms with van der Waals surface area (Å²) in [4.78, 5) is 2.75. The first-order chi connectivity index (χ1) is 14.6. The summed E-state index contributed by atoms with van der Waals surface area (Å²) in [6, 6.07) is 13.1. The van der Waals surface area contributed by atoms with Gasteiger partial charge in [0, 0.05) is 18.0 Å². The van der Waals surface area contributed by atoms with Crippen molar-refractivity contribution < 1.29 is 14.6 Å². The monoisotopic (exact) mass is 443 g/mol. The normalized spacial score (nSPS) is 26.9. The topological polar surface area (TPSA) is 41.9 Å². The third-order valence-electron chi connectivity index (χ3n) is 8.07. The highest BCUT2D eigenvalue weighted by Gasteiger charge is 2.53. The highest BCUT2D eigenvalue weighted by molar-refractivity contribution is 5.85. The minimum Gasteiger partial charge on any atom is -0.508 e. The zero-order chi connectivity index (χ0) is 20.7. The first-order valence-electron chi connectivity index (χ1n) is 11.4. The summed E-state index contributed by atoms with van der Waals surface area (Å²) in [5.74, 6) is 2.76. The van der Waals surface area contributed by atoms with Crippen LogP contribution >= 0.6 is 12.4 Å². The molecule has 0 aromatic heterocycles. The average molecular weight is 444 g/mol. The summed E-state index contributed by atoms with van der Waals surface area (Å²) in [7, 11) is 3.38. The Labute approximate surface area is 192 Å². The van der Waals surface area contributed by atoms with Crippen LogP contribution in [0.3, 0.4) is 0 Å². The largest absolute Gasteiger partial charge is 0.508 e. The molecule has 2 fully saturated rings. The Morgan fingerprint density at radius 2 is 1.87 bits per heavy atom. The van der Waals surface area contributed by atoms with Crippen LogP contribution in [0.5, 0.6) is 17.2 Å². The van der Waals surface area contributed by atoms with Crippen LogP contribution in [0.25, 0.3) is 0 Å². The van der Waals surface area contributed by atoms with Crippen molar-refractivity contribution in [3.05, 3.63) is 53.1 Å². The number of nitrogens with zero attached hydrogens (tertiary/aromatic N) is 1. The maximum atomic E-state index is 10.2. The van der Waals surface area contributed by atoms with Crippen LogP contribution in [0.2, 0.25) is 0 Å². The number of ether oxygens (including phenoxy) is 2. The third kappa shape index (κ3) is 3.78. The molecule has 3 aliphatic rings. The van der Waals surface area contributed by atoms with Gasteiger partial charge in [-0.25, -0.2) is 0 Å². The lowest BCUT2D eigenvalue weighted by Crippen LogP contribution is -2.61. The summed E-state index contributed by atoms with van der Waals surface area (Å²) in [6.07, 6.45) is 8.65. The van der Waals surface area contributed by atoms with Gasteiger partial charge < -0.3 is 14.6 Å². The lowest BCUT2D eigenvalue weighted by Gasteiger charge is -2.59. The van der Waals surface area contributed by atoms with Gasteiger partial charge in [-0.15, -0.1) is 12.4 Å². The van der Waals surface area contributed by atoms with Crippen LogP contribution < -0.4 is 9.47 Å². The second-order valence-electron chi connectivity index (χ2n) is 9.35. The molecular formula is C26H34ClNO3. The highest BCUT2D eigenvalue weighted by atomic mass is 35.5. The van der Waals surface area contributed by atoms with Crippen LogP contribution in [0.1, 0.15) is 48.8 Å². The molecular weight excluding hydrogens is 410 g/mol. The fourth-order valence-corrected chi connectivity index (χ4v) is 6.66. The Kier molecular flexibility index (Phi) is 6.41. The van der Waals surface area contributed by atoms with E-state index in [1.54, 1.807) is 14.2 Å². The Morgan fingerprint density at radius 3 is 2.68 bits per heavy atom. The van der Waals surface area contributed by atoms with E-state index in [1.807, 2.05) is 12.1 Å². The molecule has 4 nitrogen and oxygen atoms in total. The van der Waals surface area contributed by atoms with Crippen LogP contribution in [0.4, 0.5) is 0 Å². The second-order valence-corrected chi connectivity index (χ2v) is 9.35. The van der Waals surface area contributed by atoms with E-state index in [-0.39, 0.29) is 17.8 Å². The number of aromatic hydroxyl groups is 1. The Hall–Kier alpha value is -1.91. The summed E-state index contributed by atoms with van der Waals surface area (Å²) in [6.45, 7) is 2.24. The Balaban J connectivity index is 0.00000231. The first kappa shape index (κ1) is 22.3. The van der Waals surface area contributed by atoms with Gasteiger partial charge in [-0.1, -0.05) is 25.0 Å². The van der Waals surface area contributed by atoms with Crippen molar-refractivity contribution in [3.8, 4) is 17.2 Å². The van der Waals surface area contributed by atoms with Gasteiger partial charge in [0.1, 0.15) is 5.75 Å². The predicted molar refractivity (Wildman–Crippen MR) is 126 cm³/mol. The van der Waals surface area contributed by atoms with E-state index in [0.29, 0.717) is 11.8 Å². The van der Waals surface area contributed by atoms with E-state index in [2.05, 4.69) is 29.2 Å². The Morgan fingerprint density at radius 1 is 1.03 bits per heavy atom. The fraction of sp³-hybridized carbons (Fsp3) is 0.538. The number of halogens is 1. The number of phenolic OH excluding ortho intramolecular Hbond substituents is 1. The van der Waals surface area contributed by atoms with Crippen molar-refractivity contribution in [2.24, 2.45) is 5.92 Å². The number of hydrogen-bond donors (Lipinski definition) is 1. The van der Waals surface area contributed by atoms with Gasteiger partial charge in [0.15, 0.2) is 11.5 Å². The highest BCUT2D eigenvalue weighted by Crippen LogP contribution is 2.56. The molecule has 1 saturated heterocycles. The number of piperidine rings is 1. The quantitative estimate of drug-likeness (QED) is 0.695. The SMILES string of the molecule is COc1ccc(CCN2CC[C@]34CCCC[C@H]3[C@@H]2Cc2ccc(O)cc24)cc1OC.Cl. The number of hydrogen-bond acceptors (Lipinski definition) is 4. The molecule has 31 heavy (non-hydrogen) atoms. The molecule has 0 spiro atoms. The summed E-state index contributed by atoms with van der Waals surface area (Å²) < 4.78 is 10.9. The van der Waals surface area contributed by atoms with Crippen molar-refractivity contribution in [3.63, 3.8) is 0 Å². The molecule has 5 heteroatoms. The van der Waals surface area contributed by atoms with Gasteiger partial charge in [-0.2, -0.15) is 0 Å². The molecule has 1 saturated carbocycles. The van der Waals surface area contributed by atoms with Gasteiger partial charge in [0.05, 0.1) is 14.2 Å². The number of likely N-dealkylation sites (tertiary alicyclic amines) is 1. The molecule has 2 aromatic rings. The van der Waals surface area contributed by atoms with Gasteiger partial charge in [0.2, 0.25) is 0 Å². The average Bonchev–Trinajstić information content (AvgIpc) is 2.78. The van der Waals surface area contributed by atoms with Gasteiger partial charge in [-0.3, -0.25) is 4.90 Å². The molecule has 2 aliphatic carbocycles. The number of rotatable bonds is 5. The van der Waals surface area contributed by atoms with Crippen molar-refractivity contribution in [1.82, 2.24) is 4.90 Å². The zero-order valence-corrected chi connectivity index (χ0v) is 19.4. The summed E-state index contributed by atoms with van der Waals surface area (Å²) >= 11 is 0. The van der Waals surface area contributed by atoms with E-state index >= 15 is 0 Å². The number of benzene rings is 2. The van der Waals surface area contributed by atoms with Crippen molar-refractivity contribution >= 4 is 12.4 Å². The summed E-state index contributed by atoms with van der Waals surface area (Å²) in [5, 5.41) is 10.2. The number of fused-ring (bicyclic) bond motifs is 1. The molecule has 1 N–H and O–H groups in total. The van der Waals surface area contributed by atoms with E-state index in [9.17, 15) is 5.11 Å². The molecule has 2 bridgehead atoms. The maximum Gasteiger partial charge on any atom is 0.160 e. The third-order valence-corrected chi connectivity index (χ3v) is 8.07. The molecule has 3 atom stereocenters. The molecule has 0 radical (unpaired) electrons. The minimum absolute atomic E-state index is 0. The lowest BCUT2D eigenvalue weighted by molar-refractivity contribution is -0.0107. The molecule has 0 amide bonds. The molecule has 1 heterocycles. The first-order valence-corrected chi connectivity index (χ1v) is 11.4. The minimum atomic E-state index is 0. The smallest absolute Gasteiger partial charge is 0.160 e. The zero-order valence-electron chi connectivity index (χ0n) is 18.6. The van der Waals surface area contributed by atoms with Gasteiger partial charge in [-0.05, 0) is 85.5 Å². The fourth-order valence-electron chi connectivity index (χ4n) is 6.66. The molecule has 5 rings (SSSR count). The van der Waals surface area contributed by atoms with E-state index in [1.165, 1.54) is 48.8 Å². The molecule has 1 aliphatic heterocycles. The second kappa shape index (κ2) is 8.91. The van der Waals surface area contributed by atoms with Crippen LogP contribution in [-0.4, -0.2) is 43.4 Å². The van der Waals surface area contributed by atoms with Crippen molar-refractivity contribution in [2.45, 2.75) is 56.4 Å². The maximum absolute atomic E-state index is 10.2. The molecule has 2 aromatic carbocycles. The molecule has 0 unspecified atom stereocenters. The van der Waals surface area contributed by atoms with Gasteiger partial charge >= 0.3 is 0 Å². The van der Waals surface area contributed by atoms with Crippen LogP contribution in [-0.2, 0) is 18.3 Å². The van der Waals surface area contributed by atoms with Crippen molar-refractivity contribution in [1.29, 1.82) is 0 Å². The van der Waals surface area contributed by atoms with Crippen molar-refractivity contribution in [2.75, 3.05) is 27.3 Å². The van der Waals surface area contributed by atoms with E-state index in [0.717, 1.165) is 43.3 Å². The standard InChI is InChI=1S/C26H33NO3.ClH/c1-29-24-9-6-18(15-25(24)30-2)10-13-27-14-12-26-11-4-3-5-21(26)23(27)16-19-7-8-20(28)17-22(19)26;/h6-9,15,17,21,23,28H,3-5,10-14,16H2,1-2H3;1H/t21-,23-,26+;/m0./s1. The van der Waals surface area contributed by atoms with Crippen LogP contribution in [0, 0.1) is 5.92 Å². The Bertz CT molecular complexity index is 933. The van der Waals surface area contributed by atoms with E-state index in [4.69, 9.17) is 9.47 Å². The van der Waals surface area contributed by atoms with Crippen LogP contribution in [0.15, 0.2) is 36.4 Å².